The Kier molecular flexibility index (Phi) is 4.68. The van der Waals surface area contributed by atoms with E-state index < -0.39 is 5.41 Å². The molecule has 4 heteroatoms. The van der Waals surface area contributed by atoms with Crippen LogP contribution in [0, 0.1) is 0 Å². The maximum Gasteiger partial charge on any atom is 0.233 e. The molecule has 1 aliphatic carbocycles. The summed E-state index contributed by atoms with van der Waals surface area (Å²) < 4.78 is 5.85. The monoisotopic (exact) mass is 351 g/mol. The van der Waals surface area contributed by atoms with E-state index in [0.717, 1.165) is 48.1 Å². The molecule has 1 fully saturated rings. The van der Waals surface area contributed by atoms with Gasteiger partial charge in [-0.3, -0.25) is 4.79 Å². The Labute approximate surface area is 154 Å². The summed E-state index contributed by atoms with van der Waals surface area (Å²) in [5.41, 5.74) is 2.56. The molecule has 2 aliphatic rings. The Hall–Kier alpha value is -2.33. The molecular formula is C22H25NO3. The molecule has 0 saturated heterocycles. The minimum Gasteiger partial charge on any atom is -0.491 e. The van der Waals surface area contributed by atoms with Crippen molar-refractivity contribution in [3.05, 3.63) is 65.2 Å². The van der Waals surface area contributed by atoms with Crippen molar-refractivity contribution in [3.8, 4) is 5.75 Å². The highest BCUT2D eigenvalue weighted by atomic mass is 16.5. The van der Waals surface area contributed by atoms with E-state index in [4.69, 9.17) is 4.74 Å². The zero-order chi connectivity index (χ0) is 18.0. The lowest BCUT2D eigenvalue weighted by molar-refractivity contribution is -0.138. The Morgan fingerprint density at radius 2 is 1.88 bits per heavy atom. The standard InChI is InChI=1S/C22H25NO3/c24-16-17-8-9-20-18(14-17)15-23(12-13-26-20)21(25)22(10-4-5-11-22)19-6-2-1-3-7-19/h1-3,6-9,14,24H,4-5,10-13,15-16H2. The van der Waals surface area contributed by atoms with E-state index in [1.165, 1.54) is 0 Å². The lowest BCUT2D eigenvalue weighted by atomic mass is 9.77. The molecule has 26 heavy (non-hydrogen) atoms. The maximum atomic E-state index is 13.7. The van der Waals surface area contributed by atoms with Gasteiger partial charge < -0.3 is 14.7 Å². The lowest BCUT2D eigenvalue weighted by Crippen LogP contribution is -2.46. The zero-order valence-electron chi connectivity index (χ0n) is 15.0. The molecule has 4 nitrogen and oxygen atoms in total. The van der Waals surface area contributed by atoms with Gasteiger partial charge >= 0.3 is 0 Å². The molecule has 1 amide bonds. The number of aliphatic hydroxyl groups excluding tert-OH is 1. The SMILES string of the molecule is O=C(N1CCOc2ccc(CO)cc2C1)C1(c2ccccc2)CCCC1. The van der Waals surface area contributed by atoms with E-state index in [-0.39, 0.29) is 12.5 Å². The van der Waals surface area contributed by atoms with Gasteiger partial charge in [-0.25, -0.2) is 0 Å². The third kappa shape index (κ3) is 2.99. The van der Waals surface area contributed by atoms with Crippen LogP contribution in [0.1, 0.15) is 42.4 Å². The highest BCUT2D eigenvalue weighted by Crippen LogP contribution is 2.43. The Morgan fingerprint density at radius 3 is 2.62 bits per heavy atom. The average molecular weight is 351 g/mol. The van der Waals surface area contributed by atoms with Crippen LogP contribution < -0.4 is 4.74 Å². The van der Waals surface area contributed by atoms with E-state index >= 15 is 0 Å². The van der Waals surface area contributed by atoms with Crippen LogP contribution in [-0.2, 0) is 23.4 Å². The lowest BCUT2D eigenvalue weighted by Gasteiger charge is -2.34. The van der Waals surface area contributed by atoms with Crippen LogP contribution in [-0.4, -0.2) is 29.1 Å². The highest BCUT2D eigenvalue weighted by Gasteiger charge is 2.45. The highest BCUT2D eigenvalue weighted by molar-refractivity contribution is 5.88. The first-order chi connectivity index (χ1) is 12.7. The van der Waals surface area contributed by atoms with Crippen molar-refractivity contribution in [1.82, 2.24) is 4.90 Å². The quantitative estimate of drug-likeness (QED) is 0.922. The number of rotatable bonds is 3. The number of amides is 1. The van der Waals surface area contributed by atoms with Gasteiger partial charge in [-0.2, -0.15) is 0 Å². The molecule has 1 aliphatic heterocycles. The molecule has 2 aromatic carbocycles. The summed E-state index contributed by atoms with van der Waals surface area (Å²) in [7, 11) is 0. The summed E-state index contributed by atoms with van der Waals surface area (Å²) >= 11 is 0. The van der Waals surface area contributed by atoms with Crippen molar-refractivity contribution < 1.29 is 14.6 Å². The molecule has 0 radical (unpaired) electrons. The molecule has 4 rings (SSSR count). The number of carbonyl (C=O) groups is 1. The molecule has 1 N–H and O–H groups in total. The average Bonchev–Trinajstić information content (AvgIpc) is 3.10. The van der Waals surface area contributed by atoms with Crippen molar-refractivity contribution >= 4 is 5.91 Å². The predicted molar refractivity (Wildman–Crippen MR) is 99.9 cm³/mol. The van der Waals surface area contributed by atoms with Gasteiger partial charge in [0.05, 0.1) is 18.6 Å². The fourth-order valence-corrected chi connectivity index (χ4v) is 4.38. The van der Waals surface area contributed by atoms with Crippen LogP contribution in [0.3, 0.4) is 0 Å². The Balaban J connectivity index is 1.66. The largest absolute Gasteiger partial charge is 0.491 e. The summed E-state index contributed by atoms with van der Waals surface area (Å²) in [4.78, 5) is 15.6. The normalized spacial score (nSPS) is 18.7. The first-order valence-electron chi connectivity index (χ1n) is 9.43. The Bertz CT molecular complexity index is 781. The second-order valence-electron chi connectivity index (χ2n) is 7.33. The molecule has 0 spiro atoms. The first-order valence-corrected chi connectivity index (χ1v) is 9.43. The van der Waals surface area contributed by atoms with Gasteiger partial charge in [0.1, 0.15) is 12.4 Å². The van der Waals surface area contributed by atoms with Gasteiger partial charge in [0.2, 0.25) is 5.91 Å². The molecule has 1 heterocycles. The Morgan fingerprint density at radius 1 is 1.12 bits per heavy atom. The van der Waals surface area contributed by atoms with Crippen molar-refractivity contribution in [3.63, 3.8) is 0 Å². The second-order valence-corrected chi connectivity index (χ2v) is 7.33. The van der Waals surface area contributed by atoms with Gasteiger partial charge in [-0.1, -0.05) is 49.2 Å². The van der Waals surface area contributed by atoms with Gasteiger partial charge in [-0.05, 0) is 36.1 Å². The van der Waals surface area contributed by atoms with Crippen molar-refractivity contribution in [2.24, 2.45) is 0 Å². The summed E-state index contributed by atoms with van der Waals surface area (Å²) in [6.07, 6.45) is 4.01. The summed E-state index contributed by atoms with van der Waals surface area (Å²) in [6.45, 7) is 1.63. The predicted octanol–water partition coefficient (Wildman–Crippen LogP) is 3.41. The summed E-state index contributed by atoms with van der Waals surface area (Å²) in [5, 5.41) is 9.43. The fourth-order valence-electron chi connectivity index (χ4n) is 4.38. The smallest absolute Gasteiger partial charge is 0.233 e. The number of nitrogens with zero attached hydrogens (tertiary/aromatic N) is 1. The minimum atomic E-state index is -0.402. The van der Waals surface area contributed by atoms with Gasteiger partial charge in [-0.15, -0.1) is 0 Å². The summed E-state index contributed by atoms with van der Waals surface area (Å²) in [5.74, 6) is 1.03. The van der Waals surface area contributed by atoms with Gasteiger partial charge in [0.25, 0.3) is 0 Å². The maximum absolute atomic E-state index is 13.7. The molecule has 0 bridgehead atoms. The van der Waals surface area contributed by atoms with Crippen LogP contribution in [0.2, 0.25) is 0 Å². The number of hydrogen-bond acceptors (Lipinski definition) is 3. The molecule has 0 aromatic heterocycles. The van der Waals surface area contributed by atoms with E-state index in [0.29, 0.717) is 19.7 Å². The van der Waals surface area contributed by atoms with Crippen molar-refractivity contribution in [1.29, 1.82) is 0 Å². The number of ether oxygens (including phenoxy) is 1. The second kappa shape index (κ2) is 7.12. The van der Waals surface area contributed by atoms with E-state index in [1.54, 1.807) is 0 Å². The van der Waals surface area contributed by atoms with E-state index in [2.05, 4.69) is 12.1 Å². The number of aliphatic hydroxyl groups is 1. The third-order valence-corrected chi connectivity index (χ3v) is 5.77. The molecule has 1 saturated carbocycles. The summed E-state index contributed by atoms with van der Waals surface area (Å²) in [6, 6.07) is 16.0. The molecular weight excluding hydrogens is 326 g/mol. The fraction of sp³-hybridized carbons (Fsp3) is 0.409. The molecule has 0 unspecified atom stereocenters. The molecule has 0 atom stereocenters. The third-order valence-electron chi connectivity index (χ3n) is 5.77. The topological polar surface area (TPSA) is 49.8 Å². The number of fused-ring (bicyclic) bond motifs is 1. The minimum absolute atomic E-state index is 0.00478. The van der Waals surface area contributed by atoms with Crippen LogP contribution in [0.4, 0.5) is 0 Å². The van der Waals surface area contributed by atoms with Gasteiger partial charge in [0, 0.05) is 12.1 Å². The number of carbonyl (C=O) groups excluding carboxylic acids is 1. The van der Waals surface area contributed by atoms with Gasteiger partial charge in [0.15, 0.2) is 0 Å². The number of hydrogen-bond donors (Lipinski definition) is 1. The van der Waals surface area contributed by atoms with Crippen LogP contribution >= 0.6 is 0 Å². The van der Waals surface area contributed by atoms with Crippen LogP contribution in [0.5, 0.6) is 5.75 Å². The van der Waals surface area contributed by atoms with Crippen LogP contribution in [0.15, 0.2) is 48.5 Å². The molecule has 136 valence electrons. The number of benzene rings is 2. The van der Waals surface area contributed by atoms with Crippen molar-refractivity contribution in [2.45, 2.75) is 44.2 Å². The van der Waals surface area contributed by atoms with Crippen LogP contribution in [0.25, 0.3) is 0 Å². The van der Waals surface area contributed by atoms with Crippen molar-refractivity contribution in [2.75, 3.05) is 13.2 Å². The molecule has 2 aromatic rings. The first kappa shape index (κ1) is 17.1. The van der Waals surface area contributed by atoms with E-state index in [9.17, 15) is 9.90 Å². The zero-order valence-corrected chi connectivity index (χ0v) is 15.0. The van der Waals surface area contributed by atoms with E-state index in [1.807, 2.05) is 41.3 Å².